The van der Waals surface area contributed by atoms with Crippen LogP contribution in [0.4, 0.5) is 0 Å². The zero-order chi connectivity index (χ0) is 11.6. The number of phenols is 1. The first kappa shape index (κ1) is 11.9. The fourth-order valence-electron chi connectivity index (χ4n) is 1.61. The number of rotatable bonds is 2. The molecule has 0 unspecified atom stereocenters. The SMILES string of the molecule is CCOc1c(O)cc(C)cc1C(C)(C)C. The summed E-state index contributed by atoms with van der Waals surface area (Å²) in [5.41, 5.74) is 2.09. The average Bonchev–Trinajstić information content (AvgIpc) is 2.07. The van der Waals surface area contributed by atoms with Crippen LogP contribution in [0.15, 0.2) is 12.1 Å². The number of aromatic hydroxyl groups is 1. The Bertz CT molecular complexity index is 348. The summed E-state index contributed by atoms with van der Waals surface area (Å²) < 4.78 is 5.50. The van der Waals surface area contributed by atoms with Gasteiger partial charge in [-0.25, -0.2) is 0 Å². The second-order valence-electron chi connectivity index (χ2n) is 4.84. The van der Waals surface area contributed by atoms with E-state index >= 15 is 0 Å². The third kappa shape index (κ3) is 2.65. The fraction of sp³-hybridized carbons (Fsp3) is 0.538. The topological polar surface area (TPSA) is 29.5 Å². The molecule has 0 saturated carbocycles. The van der Waals surface area contributed by atoms with Crippen LogP contribution in [0, 0.1) is 6.92 Å². The Morgan fingerprint density at radius 2 is 1.87 bits per heavy atom. The number of hydrogen-bond acceptors (Lipinski definition) is 2. The van der Waals surface area contributed by atoms with Gasteiger partial charge in [0.1, 0.15) is 0 Å². The molecule has 0 fully saturated rings. The maximum atomic E-state index is 9.84. The lowest BCUT2D eigenvalue weighted by molar-refractivity contribution is 0.308. The molecule has 0 radical (unpaired) electrons. The number of ether oxygens (including phenoxy) is 1. The minimum absolute atomic E-state index is 0.0198. The zero-order valence-electron chi connectivity index (χ0n) is 10.2. The lowest BCUT2D eigenvalue weighted by Gasteiger charge is -2.23. The van der Waals surface area contributed by atoms with E-state index in [4.69, 9.17) is 4.74 Å². The van der Waals surface area contributed by atoms with Crippen molar-refractivity contribution < 1.29 is 9.84 Å². The molecule has 0 saturated heterocycles. The Balaban J connectivity index is 3.33. The van der Waals surface area contributed by atoms with E-state index in [0.29, 0.717) is 12.4 Å². The van der Waals surface area contributed by atoms with Crippen LogP contribution < -0.4 is 4.74 Å². The van der Waals surface area contributed by atoms with Crippen molar-refractivity contribution >= 4 is 0 Å². The van der Waals surface area contributed by atoms with E-state index in [2.05, 4.69) is 26.8 Å². The van der Waals surface area contributed by atoms with Gasteiger partial charge in [-0.2, -0.15) is 0 Å². The monoisotopic (exact) mass is 208 g/mol. The molecule has 84 valence electrons. The standard InChI is InChI=1S/C13H20O2/c1-6-15-12-10(13(3,4)5)7-9(2)8-11(12)14/h7-8,14H,6H2,1-5H3. The summed E-state index contributed by atoms with van der Waals surface area (Å²) in [5.74, 6) is 0.859. The van der Waals surface area contributed by atoms with Crippen molar-refractivity contribution in [1.29, 1.82) is 0 Å². The van der Waals surface area contributed by atoms with Crippen LogP contribution in [0.2, 0.25) is 0 Å². The molecular formula is C13H20O2. The van der Waals surface area contributed by atoms with Gasteiger partial charge in [0, 0.05) is 5.56 Å². The molecule has 0 aliphatic heterocycles. The van der Waals surface area contributed by atoms with Crippen LogP contribution in [0.5, 0.6) is 11.5 Å². The second-order valence-corrected chi connectivity index (χ2v) is 4.84. The van der Waals surface area contributed by atoms with Crippen molar-refractivity contribution in [2.24, 2.45) is 0 Å². The summed E-state index contributed by atoms with van der Waals surface area (Å²) in [5, 5.41) is 9.84. The third-order valence-corrected chi connectivity index (χ3v) is 2.31. The van der Waals surface area contributed by atoms with E-state index in [0.717, 1.165) is 11.1 Å². The Kier molecular flexibility index (Phi) is 3.28. The molecule has 1 aromatic rings. The largest absolute Gasteiger partial charge is 0.504 e. The first-order chi connectivity index (χ1) is 6.86. The van der Waals surface area contributed by atoms with Crippen molar-refractivity contribution in [3.63, 3.8) is 0 Å². The van der Waals surface area contributed by atoms with Gasteiger partial charge in [-0.1, -0.05) is 26.8 Å². The molecule has 2 nitrogen and oxygen atoms in total. The molecule has 0 spiro atoms. The summed E-state index contributed by atoms with van der Waals surface area (Å²) in [6, 6.07) is 3.81. The van der Waals surface area contributed by atoms with Crippen molar-refractivity contribution in [2.45, 2.75) is 40.0 Å². The molecule has 1 aromatic carbocycles. The Morgan fingerprint density at radius 3 is 2.33 bits per heavy atom. The lowest BCUT2D eigenvalue weighted by atomic mass is 9.85. The normalized spacial score (nSPS) is 11.5. The number of hydrogen-bond donors (Lipinski definition) is 1. The molecule has 0 atom stereocenters. The first-order valence-electron chi connectivity index (χ1n) is 5.33. The molecule has 0 heterocycles. The van der Waals surface area contributed by atoms with E-state index in [1.54, 1.807) is 6.07 Å². The van der Waals surface area contributed by atoms with Gasteiger partial charge in [-0.15, -0.1) is 0 Å². The molecule has 0 aliphatic carbocycles. The van der Waals surface area contributed by atoms with Crippen molar-refractivity contribution in [1.82, 2.24) is 0 Å². The highest BCUT2D eigenvalue weighted by atomic mass is 16.5. The highest BCUT2D eigenvalue weighted by Gasteiger charge is 2.21. The molecule has 0 aliphatic rings. The van der Waals surface area contributed by atoms with Crippen LogP contribution in [0.3, 0.4) is 0 Å². The highest BCUT2D eigenvalue weighted by Crippen LogP contribution is 2.38. The Hall–Kier alpha value is -1.18. The van der Waals surface area contributed by atoms with Crippen LogP contribution in [0.1, 0.15) is 38.8 Å². The third-order valence-electron chi connectivity index (χ3n) is 2.31. The van der Waals surface area contributed by atoms with Gasteiger partial charge in [0.15, 0.2) is 11.5 Å². The molecule has 2 heteroatoms. The van der Waals surface area contributed by atoms with Gasteiger partial charge in [-0.05, 0) is 30.9 Å². The highest BCUT2D eigenvalue weighted by molar-refractivity contribution is 5.51. The summed E-state index contributed by atoms with van der Waals surface area (Å²) in [7, 11) is 0. The minimum Gasteiger partial charge on any atom is -0.504 e. The van der Waals surface area contributed by atoms with E-state index < -0.39 is 0 Å². The molecule has 15 heavy (non-hydrogen) atoms. The van der Waals surface area contributed by atoms with E-state index in [9.17, 15) is 5.11 Å². The Morgan fingerprint density at radius 1 is 1.27 bits per heavy atom. The van der Waals surface area contributed by atoms with Gasteiger partial charge in [0.05, 0.1) is 6.61 Å². The first-order valence-corrected chi connectivity index (χ1v) is 5.33. The van der Waals surface area contributed by atoms with Crippen LogP contribution in [-0.2, 0) is 5.41 Å². The van der Waals surface area contributed by atoms with E-state index in [-0.39, 0.29) is 11.2 Å². The van der Waals surface area contributed by atoms with Gasteiger partial charge >= 0.3 is 0 Å². The smallest absolute Gasteiger partial charge is 0.164 e. The maximum Gasteiger partial charge on any atom is 0.164 e. The zero-order valence-corrected chi connectivity index (χ0v) is 10.2. The second kappa shape index (κ2) is 4.13. The molecule has 0 amide bonds. The van der Waals surface area contributed by atoms with E-state index in [1.807, 2.05) is 13.8 Å². The Labute approximate surface area is 91.9 Å². The maximum absolute atomic E-state index is 9.84. The predicted octanol–water partition coefficient (Wildman–Crippen LogP) is 3.40. The number of aryl methyl sites for hydroxylation is 1. The molecular weight excluding hydrogens is 188 g/mol. The predicted molar refractivity (Wildman–Crippen MR) is 62.7 cm³/mol. The molecule has 1 rings (SSSR count). The minimum atomic E-state index is -0.0198. The van der Waals surface area contributed by atoms with E-state index in [1.165, 1.54) is 0 Å². The van der Waals surface area contributed by atoms with Gasteiger partial charge in [0.25, 0.3) is 0 Å². The van der Waals surface area contributed by atoms with Gasteiger partial charge in [-0.3, -0.25) is 0 Å². The number of phenolic OH excluding ortho intramolecular Hbond substituents is 1. The van der Waals surface area contributed by atoms with Crippen molar-refractivity contribution in [3.8, 4) is 11.5 Å². The molecule has 0 bridgehead atoms. The van der Waals surface area contributed by atoms with Crippen molar-refractivity contribution in [3.05, 3.63) is 23.3 Å². The fourth-order valence-corrected chi connectivity index (χ4v) is 1.61. The average molecular weight is 208 g/mol. The summed E-state index contributed by atoms with van der Waals surface area (Å²) in [6.45, 7) is 10.8. The molecule has 1 N–H and O–H groups in total. The van der Waals surface area contributed by atoms with Crippen LogP contribution in [-0.4, -0.2) is 11.7 Å². The molecule has 0 aromatic heterocycles. The van der Waals surface area contributed by atoms with Gasteiger partial charge < -0.3 is 9.84 Å². The summed E-state index contributed by atoms with van der Waals surface area (Å²) in [4.78, 5) is 0. The summed E-state index contributed by atoms with van der Waals surface area (Å²) >= 11 is 0. The lowest BCUT2D eigenvalue weighted by Crippen LogP contribution is -2.14. The van der Waals surface area contributed by atoms with Gasteiger partial charge in [0.2, 0.25) is 0 Å². The van der Waals surface area contributed by atoms with Crippen molar-refractivity contribution in [2.75, 3.05) is 6.61 Å². The van der Waals surface area contributed by atoms with Crippen LogP contribution in [0.25, 0.3) is 0 Å². The van der Waals surface area contributed by atoms with Crippen LogP contribution >= 0.6 is 0 Å². The number of benzene rings is 1. The summed E-state index contributed by atoms with van der Waals surface area (Å²) in [6.07, 6.45) is 0. The quantitative estimate of drug-likeness (QED) is 0.807.